The lowest BCUT2D eigenvalue weighted by Crippen LogP contribution is -2.54. The van der Waals surface area contributed by atoms with Gasteiger partial charge in [0.25, 0.3) is 0 Å². The molecule has 12 nitrogen and oxygen atoms in total. The van der Waals surface area contributed by atoms with Crippen molar-refractivity contribution in [3.8, 4) is 0 Å². The molecule has 0 aromatic heterocycles. The molecule has 0 saturated carbocycles. The number of Topliss-reactive ketones (excluding diaryl/α,β-unsaturated/α-hetero) is 1. The van der Waals surface area contributed by atoms with Crippen LogP contribution in [0, 0.1) is 29.6 Å². The summed E-state index contributed by atoms with van der Waals surface area (Å²) < 4.78 is 72.2. The second-order valence-corrected chi connectivity index (χ2v) is 28.9. The molecule has 8 aliphatic heterocycles. The molecule has 64 heavy (non-hydrogen) atoms. The zero-order valence-corrected chi connectivity index (χ0v) is 42.7. The summed E-state index contributed by atoms with van der Waals surface area (Å²) in [5.74, 6) is 0.136. The minimum atomic E-state index is -3.00. The van der Waals surface area contributed by atoms with Crippen LogP contribution in [0.25, 0.3) is 0 Å². The largest absolute Gasteiger partial charge is 0.417 e. The maximum atomic E-state index is 13.5. The van der Waals surface area contributed by atoms with Crippen LogP contribution in [0.4, 0.5) is 0 Å². The highest BCUT2D eigenvalue weighted by molar-refractivity contribution is 7.59. The molecule has 19 atom stereocenters. The Morgan fingerprint density at radius 2 is 1.58 bits per heavy atom. The van der Waals surface area contributed by atoms with Crippen LogP contribution in [0.1, 0.15) is 126 Å². The summed E-state index contributed by atoms with van der Waals surface area (Å²) in [7, 11) is -3.29. The number of hydrogen-bond acceptors (Lipinski definition) is 12. The van der Waals surface area contributed by atoms with Gasteiger partial charge in [-0.05, 0) is 104 Å². The van der Waals surface area contributed by atoms with Crippen molar-refractivity contribution in [1.82, 2.24) is 0 Å². The summed E-state index contributed by atoms with van der Waals surface area (Å²) >= 11 is 0. The third-order valence-electron chi connectivity index (χ3n) is 17.0. The second-order valence-electron chi connectivity index (χ2n) is 21.4. The van der Waals surface area contributed by atoms with E-state index < -0.39 is 21.5 Å². The molecule has 0 aromatic rings. The first kappa shape index (κ1) is 51.1. The molecule has 8 aliphatic rings. The fourth-order valence-electron chi connectivity index (χ4n) is 12.5. The maximum Gasteiger partial charge on any atom is 0.207 e. The molecule has 8 rings (SSSR count). The van der Waals surface area contributed by atoms with Crippen LogP contribution in [-0.2, 0) is 51.5 Å². The lowest BCUT2D eigenvalue weighted by Gasteiger charge is -2.42. The number of hydrogen-bond donors (Lipinski definition) is 1. The van der Waals surface area contributed by atoms with E-state index in [2.05, 4.69) is 61.6 Å². The van der Waals surface area contributed by atoms with Gasteiger partial charge in [-0.25, -0.2) is 0 Å². The van der Waals surface area contributed by atoms with Gasteiger partial charge in [-0.15, -0.1) is 0 Å². The monoisotopic (exact) mass is 937 g/mol. The maximum absolute atomic E-state index is 13.5. The van der Waals surface area contributed by atoms with Crippen LogP contribution in [-0.4, -0.2) is 131 Å². The van der Waals surface area contributed by atoms with Crippen LogP contribution < -0.4 is 0 Å². The van der Waals surface area contributed by atoms with E-state index in [4.69, 9.17) is 42.1 Å². The van der Waals surface area contributed by atoms with Crippen molar-refractivity contribution >= 4 is 21.5 Å². The smallest absolute Gasteiger partial charge is 0.207 e. The van der Waals surface area contributed by atoms with Crippen LogP contribution in [0.15, 0.2) is 24.3 Å². The minimum Gasteiger partial charge on any atom is -0.417 e. The molecular formula is C50H85O12PSi. The van der Waals surface area contributed by atoms with Gasteiger partial charge in [-0.3, -0.25) is 9.36 Å². The highest BCUT2D eigenvalue weighted by atomic mass is 31.2. The molecule has 0 radical (unpaired) electrons. The van der Waals surface area contributed by atoms with Crippen molar-refractivity contribution in [3.63, 3.8) is 0 Å². The van der Waals surface area contributed by atoms with Crippen molar-refractivity contribution in [2.75, 3.05) is 33.2 Å². The van der Waals surface area contributed by atoms with Gasteiger partial charge >= 0.3 is 0 Å². The molecule has 1 N–H and O–H groups in total. The normalized spacial score (nSPS) is 42.0. The van der Waals surface area contributed by atoms with Crippen molar-refractivity contribution < 1.29 is 56.6 Å². The molecule has 6 unspecified atom stereocenters. The Balaban J connectivity index is 0.933. The van der Waals surface area contributed by atoms with Gasteiger partial charge in [0.2, 0.25) is 7.37 Å². The zero-order chi connectivity index (χ0) is 46.1. The highest BCUT2D eigenvalue weighted by Gasteiger charge is 2.67. The highest BCUT2D eigenvalue weighted by Crippen LogP contribution is 2.54. The number of ether oxygens (including phenoxy) is 7. The summed E-state index contributed by atoms with van der Waals surface area (Å²) in [4.78, 5) is 13.5. The summed E-state index contributed by atoms with van der Waals surface area (Å²) in [5.41, 5.74) is 2.23. The number of carbonyl (C=O) groups is 1. The molecule has 8 fully saturated rings. The predicted molar refractivity (Wildman–Crippen MR) is 250 cm³/mol. The third-order valence-corrected chi connectivity index (χ3v) is 23.3. The Morgan fingerprint density at radius 1 is 0.875 bits per heavy atom. The molecule has 0 amide bonds. The van der Waals surface area contributed by atoms with Gasteiger partial charge in [0.05, 0.1) is 61.1 Å². The SMILES string of the molecule is C=C1C[C@H](CC[C@@]23C[C@H]4O[C@H]5C(O2)C(C)[C@H](CCCO)O[C@H]5[C@H]4O3)OC1CC[C@H]1C[C@@H](C)C(=C)C(C[C@@H]2O[C@H](C[C@H](C)CO[Si](CC)(CC)CC)[C@H](C)C2CC(=O)CP(C)(=O)OC)O1. The Hall–Kier alpha value is -0.803. The first-order valence-corrected chi connectivity index (χ1v) is 30.1. The van der Waals surface area contributed by atoms with Gasteiger partial charge < -0.3 is 47.2 Å². The molecule has 6 bridgehead atoms. The molecular weight excluding hydrogens is 852 g/mol. The van der Waals surface area contributed by atoms with E-state index in [1.807, 2.05) is 0 Å². The number of ketones is 1. The van der Waals surface area contributed by atoms with Crippen molar-refractivity contribution in [3.05, 3.63) is 24.3 Å². The van der Waals surface area contributed by atoms with Crippen molar-refractivity contribution in [2.45, 2.75) is 223 Å². The van der Waals surface area contributed by atoms with Gasteiger partial charge in [0.1, 0.15) is 24.1 Å². The van der Waals surface area contributed by atoms with Gasteiger partial charge in [0, 0.05) is 58.6 Å². The molecule has 0 aliphatic carbocycles. The zero-order valence-electron chi connectivity index (χ0n) is 40.8. The molecule has 8 saturated heterocycles. The molecule has 14 heteroatoms. The van der Waals surface area contributed by atoms with E-state index in [-0.39, 0.29) is 115 Å². The first-order valence-electron chi connectivity index (χ1n) is 25.3. The fourth-order valence-corrected chi connectivity index (χ4v) is 16.1. The van der Waals surface area contributed by atoms with Crippen LogP contribution in [0.5, 0.6) is 0 Å². The predicted octanol–water partition coefficient (Wildman–Crippen LogP) is 9.41. The van der Waals surface area contributed by atoms with Crippen molar-refractivity contribution in [1.29, 1.82) is 0 Å². The van der Waals surface area contributed by atoms with E-state index >= 15 is 0 Å². The van der Waals surface area contributed by atoms with Gasteiger partial charge in [0.15, 0.2) is 14.1 Å². The van der Waals surface area contributed by atoms with Crippen LogP contribution in [0.2, 0.25) is 18.1 Å². The number of rotatable bonds is 24. The van der Waals surface area contributed by atoms with E-state index in [0.717, 1.165) is 87.3 Å². The Bertz CT molecular complexity index is 1650. The number of aliphatic hydroxyl groups is 1. The van der Waals surface area contributed by atoms with Crippen molar-refractivity contribution in [2.24, 2.45) is 29.6 Å². The van der Waals surface area contributed by atoms with Crippen LogP contribution >= 0.6 is 7.37 Å². The molecule has 0 aromatic carbocycles. The average molecular weight is 937 g/mol. The quantitative estimate of drug-likeness (QED) is 0.0561. The van der Waals surface area contributed by atoms with E-state index in [1.54, 1.807) is 6.66 Å². The minimum absolute atomic E-state index is 0.0111. The lowest BCUT2D eigenvalue weighted by molar-refractivity contribution is -0.263. The number of aliphatic hydroxyl groups excluding tert-OH is 1. The standard InChI is InChI=1S/C50H85O12PSi/c1-12-64(13-2,14-3)55-28-30(4)22-42-34(8)39(25-36(52)29-63(11,53)54-10)44(58-42)26-43-33(7)31(5)23-37(57-43)17-18-40-32(6)24-38(56-40)19-20-50-27-45-47(62-50)49-48(60-45)46(61-50)35(9)41(59-49)16-15-21-51/h30-31,34-35,37-49,51H,6-7,12-29H2,1-5,8-11H3/t30-,31+,34+,35?,37-,38-,39?,40?,41-,42+,43?,44-,45+,46?,47-,48-,49-,50+,63?/m0/s1. The Morgan fingerprint density at radius 3 is 2.28 bits per heavy atom. The third kappa shape index (κ3) is 11.3. The average Bonchev–Trinajstić information content (AvgIpc) is 3.93. The second kappa shape index (κ2) is 21.5. The summed E-state index contributed by atoms with van der Waals surface area (Å²) in [6, 6.07) is 3.38. The van der Waals surface area contributed by atoms with E-state index in [0.29, 0.717) is 31.6 Å². The molecule has 0 spiro atoms. The Kier molecular flexibility index (Phi) is 17.1. The lowest BCUT2D eigenvalue weighted by atomic mass is 9.79. The summed E-state index contributed by atoms with van der Waals surface area (Å²) in [5, 5.41) is 9.49. The van der Waals surface area contributed by atoms with Gasteiger partial charge in [-0.2, -0.15) is 0 Å². The number of carbonyl (C=O) groups excluding carboxylic acids is 1. The fraction of sp³-hybridized carbons (Fsp3) is 0.900. The first-order chi connectivity index (χ1) is 30.5. The molecule has 366 valence electrons. The van der Waals surface area contributed by atoms with E-state index in [9.17, 15) is 14.5 Å². The van der Waals surface area contributed by atoms with Crippen LogP contribution in [0.3, 0.4) is 0 Å². The topological polar surface area (TPSA) is 137 Å². The molecule has 8 heterocycles. The summed E-state index contributed by atoms with van der Waals surface area (Å²) in [6.45, 7) is 27.2. The van der Waals surface area contributed by atoms with Gasteiger partial charge in [-0.1, -0.05) is 61.6 Å². The summed E-state index contributed by atoms with van der Waals surface area (Å²) in [6.07, 6.45) is 8.15. The van der Waals surface area contributed by atoms with E-state index in [1.165, 1.54) is 7.11 Å². The Labute approximate surface area is 386 Å².